The summed E-state index contributed by atoms with van der Waals surface area (Å²) in [7, 11) is 0. The first-order chi connectivity index (χ1) is 13.5. The van der Waals surface area contributed by atoms with Crippen molar-refractivity contribution in [2.45, 2.75) is 6.92 Å². The highest BCUT2D eigenvalue weighted by molar-refractivity contribution is 6.30. The summed E-state index contributed by atoms with van der Waals surface area (Å²) in [4.78, 5) is 24.8. The maximum Gasteiger partial charge on any atom is 0.344 e. The molecule has 4 aromatic rings. The van der Waals surface area contributed by atoms with E-state index in [0.717, 1.165) is 16.5 Å². The zero-order chi connectivity index (χ0) is 19.7. The molecule has 138 valence electrons. The van der Waals surface area contributed by atoms with Gasteiger partial charge in [-0.3, -0.25) is 0 Å². The minimum atomic E-state index is -0.518. The molecule has 0 aliphatic carbocycles. The number of carbonyl (C=O) groups excluding carboxylic acids is 1. The third-order valence-corrected chi connectivity index (χ3v) is 4.74. The number of aryl methyl sites for hydroxylation is 1. The summed E-state index contributed by atoms with van der Waals surface area (Å²) in [6.45, 7) is 1.88. The average Bonchev–Trinajstić information content (AvgIpc) is 2.69. The average molecular weight is 391 g/mol. The van der Waals surface area contributed by atoms with Crippen molar-refractivity contribution >= 4 is 28.5 Å². The number of ether oxygens (including phenoxy) is 1. The summed E-state index contributed by atoms with van der Waals surface area (Å²) in [5, 5.41) is 1.32. The van der Waals surface area contributed by atoms with Crippen LogP contribution in [0.25, 0.3) is 22.1 Å². The van der Waals surface area contributed by atoms with Crippen molar-refractivity contribution in [1.29, 1.82) is 0 Å². The van der Waals surface area contributed by atoms with Crippen LogP contribution in [-0.4, -0.2) is 5.97 Å². The normalized spacial score (nSPS) is 10.8. The number of hydrogen-bond acceptors (Lipinski definition) is 4. The monoisotopic (exact) mass is 390 g/mol. The molecule has 1 aromatic heterocycles. The van der Waals surface area contributed by atoms with Gasteiger partial charge in [-0.15, -0.1) is 0 Å². The molecule has 0 aliphatic rings. The summed E-state index contributed by atoms with van der Waals surface area (Å²) >= 11 is 5.83. The van der Waals surface area contributed by atoms with Crippen molar-refractivity contribution in [3.05, 3.63) is 99.4 Å². The van der Waals surface area contributed by atoms with Gasteiger partial charge >= 0.3 is 11.6 Å². The maximum atomic E-state index is 12.6. The number of esters is 1. The van der Waals surface area contributed by atoms with Crippen molar-refractivity contribution in [2.75, 3.05) is 0 Å². The highest BCUT2D eigenvalue weighted by atomic mass is 35.5. The Labute approximate surface area is 166 Å². The Morgan fingerprint density at radius 3 is 2.39 bits per heavy atom. The lowest BCUT2D eigenvalue weighted by Gasteiger charge is -2.09. The highest BCUT2D eigenvalue weighted by Gasteiger charge is 2.15. The van der Waals surface area contributed by atoms with Crippen molar-refractivity contribution < 1.29 is 13.9 Å². The van der Waals surface area contributed by atoms with Gasteiger partial charge < -0.3 is 9.15 Å². The van der Waals surface area contributed by atoms with Gasteiger partial charge in [0.1, 0.15) is 11.3 Å². The summed E-state index contributed by atoms with van der Waals surface area (Å²) in [5.74, 6) is -0.224. The van der Waals surface area contributed by atoms with Crippen LogP contribution in [0.15, 0.2) is 82.0 Å². The second kappa shape index (κ2) is 7.33. The molecule has 0 saturated heterocycles. The Morgan fingerprint density at radius 1 is 0.964 bits per heavy atom. The first-order valence-corrected chi connectivity index (χ1v) is 9.01. The second-order valence-electron chi connectivity index (χ2n) is 6.31. The van der Waals surface area contributed by atoms with Gasteiger partial charge in [-0.2, -0.15) is 0 Å². The van der Waals surface area contributed by atoms with Crippen LogP contribution in [-0.2, 0) is 0 Å². The van der Waals surface area contributed by atoms with Crippen LogP contribution in [0.3, 0.4) is 0 Å². The van der Waals surface area contributed by atoms with Crippen LogP contribution in [0.5, 0.6) is 5.75 Å². The van der Waals surface area contributed by atoms with Gasteiger partial charge in [0.05, 0.1) is 11.1 Å². The molecule has 0 atom stereocenters. The summed E-state index contributed by atoms with van der Waals surface area (Å²) in [6.07, 6.45) is 0. The molecule has 0 aliphatic heterocycles. The van der Waals surface area contributed by atoms with Gasteiger partial charge in [-0.25, -0.2) is 9.59 Å². The Kier molecular flexibility index (Phi) is 4.72. The quantitative estimate of drug-likeness (QED) is 0.258. The Balaban J connectivity index is 1.71. The molecule has 0 unspecified atom stereocenters. The van der Waals surface area contributed by atoms with Crippen molar-refractivity contribution in [1.82, 2.24) is 0 Å². The lowest BCUT2D eigenvalue weighted by molar-refractivity contribution is 0.0735. The van der Waals surface area contributed by atoms with Gasteiger partial charge in [0.15, 0.2) is 0 Å². The van der Waals surface area contributed by atoms with E-state index in [1.807, 2.05) is 37.3 Å². The molecule has 28 heavy (non-hydrogen) atoms. The maximum absolute atomic E-state index is 12.6. The molecule has 4 rings (SSSR count). The largest absolute Gasteiger partial charge is 0.423 e. The molecule has 0 fully saturated rings. The number of carbonyl (C=O) groups is 1. The fraction of sp³-hybridized carbons (Fsp3) is 0.0435. The Bertz CT molecular complexity index is 1230. The summed E-state index contributed by atoms with van der Waals surface area (Å²) in [6, 6.07) is 20.8. The SMILES string of the molecule is Cc1c(-c2ccccc2)c(=O)oc2cc(OC(=O)c3ccc(Cl)cc3)ccc12. The molecule has 1 heterocycles. The van der Waals surface area contributed by atoms with Gasteiger partial charge in [-0.05, 0) is 54.4 Å². The first kappa shape index (κ1) is 18.0. The van der Waals surface area contributed by atoms with Crippen LogP contribution in [0, 0.1) is 6.92 Å². The number of hydrogen-bond donors (Lipinski definition) is 0. The zero-order valence-electron chi connectivity index (χ0n) is 14.9. The zero-order valence-corrected chi connectivity index (χ0v) is 15.7. The van der Waals surface area contributed by atoms with Gasteiger partial charge in [0.2, 0.25) is 0 Å². The number of fused-ring (bicyclic) bond motifs is 1. The minimum absolute atomic E-state index is 0.294. The Hall–Kier alpha value is -3.37. The molecule has 0 bridgehead atoms. The molecule has 4 nitrogen and oxygen atoms in total. The second-order valence-corrected chi connectivity index (χ2v) is 6.75. The fourth-order valence-corrected chi connectivity index (χ4v) is 3.22. The topological polar surface area (TPSA) is 56.5 Å². The van der Waals surface area contributed by atoms with Crippen LogP contribution in [0.2, 0.25) is 5.02 Å². The molecule has 0 N–H and O–H groups in total. The number of halogens is 1. The molecule has 0 spiro atoms. The number of rotatable bonds is 3. The minimum Gasteiger partial charge on any atom is -0.423 e. The lowest BCUT2D eigenvalue weighted by Crippen LogP contribution is -2.09. The van der Waals surface area contributed by atoms with Crippen molar-refractivity contribution in [2.24, 2.45) is 0 Å². The van der Waals surface area contributed by atoms with E-state index < -0.39 is 11.6 Å². The van der Waals surface area contributed by atoms with Crippen molar-refractivity contribution in [3.8, 4) is 16.9 Å². The van der Waals surface area contributed by atoms with E-state index in [-0.39, 0.29) is 0 Å². The van der Waals surface area contributed by atoms with Gasteiger partial charge in [0.25, 0.3) is 0 Å². The third-order valence-electron chi connectivity index (χ3n) is 4.49. The van der Waals surface area contributed by atoms with E-state index in [1.165, 1.54) is 0 Å². The number of benzene rings is 3. The molecule has 3 aromatic carbocycles. The summed E-state index contributed by atoms with van der Waals surface area (Å²) < 4.78 is 10.9. The van der Waals surface area contributed by atoms with Crippen molar-refractivity contribution in [3.63, 3.8) is 0 Å². The predicted molar refractivity (Wildman–Crippen MR) is 109 cm³/mol. The smallest absolute Gasteiger partial charge is 0.344 e. The fourth-order valence-electron chi connectivity index (χ4n) is 3.09. The van der Waals surface area contributed by atoms with E-state index in [4.69, 9.17) is 20.8 Å². The molecule has 5 heteroatoms. The predicted octanol–water partition coefficient (Wildman–Crippen LogP) is 5.64. The molecule has 0 amide bonds. The van der Waals surface area contributed by atoms with E-state index in [0.29, 0.717) is 27.5 Å². The van der Waals surface area contributed by atoms with E-state index in [2.05, 4.69) is 0 Å². The third kappa shape index (κ3) is 3.42. The molecule has 0 radical (unpaired) electrons. The van der Waals surface area contributed by atoms with Crippen LogP contribution in [0.4, 0.5) is 0 Å². The molecule has 0 saturated carbocycles. The van der Waals surface area contributed by atoms with Gasteiger partial charge in [-0.1, -0.05) is 41.9 Å². The van der Waals surface area contributed by atoms with Gasteiger partial charge in [0, 0.05) is 16.5 Å². The van der Waals surface area contributed by atoms with Crippen LogP contribution in [0.1, 0.15) is 15.9 Å². The van der Waals surface area contributed by atoms with E-state index >= 15 is 0 Å². The highest BCUT2D eigenvalue weighted by Crippen LogP contribution is 2.29. The standard InChI is InChI=1S/C23H15ClO4/c1-14-19-12-11-18(27-22(25)16-7-9-17(24)10-8-16)13-20(19)28-23(26)21(14)15-5-3-2-4-6-15/h2-13H,1H3. The summed E-state index contributed by atoms with van der Waals surface area (Å²) in [5.41, 5.74) is 2.45. The van der Waals surface area contributed by atoms with Crippen LogP contribution >= 0.6 is 11.6 Å². The first-order valence-electron chi connectivity index (χ1n) is 8.63. The van der Waals surface area contributed by atoms with Crippen LogP contribution < -0.4 is 10.4 Å². The van der Waals surface area contributed by atoms with E-state index in [1.54, 1.807) is 42.5 Å². The van der Waals surface area contributed by atoms with E-state index in [9.17, 15) is 9.59 Å². The molecular weight excluding hydrogens is 376 g/mol. The molecular formula is C23H15ClO4. The Morgan fingerprint density at radius 2 is 1.68 bits per heavy atom. The lowest BCUT2D eigenvalue weighted by atomic mass is 10.00.